The van der Waals surface area contributed by atoms with Crippen molar-refractivity contribution in [2.24, 2.45) is 0 Å². The van der Waals surface area contributed by atoms with Crippen LogP contribution in [0.3, 0.4) is 0 Å². The standard InChI is InChI=1S/C13H12BrClN2/c1-9-5-6-16-13(12(9)14)17-8-10-3-2-4-11(15)7-10/h2-7H,8H2,1H3,(H,16,17). The Bertz CT molecular complexity index is 529. The number of nitrogens with zero attached hydrogens (tertiary/aromatic N) is 1. The van der Waals surface area contributed by atoms with Gasteiger partial charge in [0.1, 0.15) is 5.82 Å². The molecule has 0 saturated carbocycles. The highest BCUT2D eigenvalue weighted by atomic mass is 79.9. The first-order valence-electron chi connectivity index (χ1n) is 5.26. The molecule has 4 heteroatoms. The number of anilines is 1. The van der Waals surface area contributed by atoms with Crippen molar-refractivity contribution in [1.29, 1.82) is 0 Å². The third kappa shape index (κ3) is 3.20. The number of halogens is 2. The minimum atomic E-state index is 0.704. The Hall–Kier alpha value is -1.06. The summed E-state index contributed by atoms with van der Waals surface area (Å²) in [6.45, 7) is 2.74. The zero-order valence-electron chi connectivity index (χ0n) is 9.37. The van der Waals surface area contributed by atoms with Crippen LogP contribution in [-0.4, -0.2) is 4.98 Å². The summed E-state index contributed by atoms with van der Waals surface area (Å²) in [6, 6.07) is 9.75. The molecule has 0 unspecified atom stereocenters. The molecule has 0 aliphatic carbocycles. The van der Waals surface area contributed by atoms with Gasteiger partial charge >= 0.3 is 0 Å². The minimum absolute atomic E-state index is 0.704. The predicted molar refractivity (Wildman–Crippen MR) is 75.5 cm³/mol. The number of pyridine rings is 1. The van der Waals surface area contributed by atoms with Gasteiger partial charge in [0.25, 0.3) is 0 Å². The fraction of sp³-hybridized carbons (Fsp3) is 0.154. The lowest BCUT2D eigenvalue weighted by Crippen LogP contribution is -2.02. The summed E-state index contributed by atoms with van der Waals surface area (Å²) in [4.78, 5) is 4.29. The van der Waals surface area contributed by atoms with Crippen molar-refractivity contribution in [2.75, 3.05) is 5.32 Å². The van der Waals surface area contributed by atoms with Crippen LogP contribution in [0.2, 0.25) is 5.02 Å². The molecule has 0 aliphatic rings. The van der Waals surface area contributed by atoms with Crippen LogP contribution in [0.15, 0.2) is 41.0 Å². The van der Waals surface area contributed by atoms with E-state index in [0.717, 1.165) is 26.4 Å². The fourth-order valence-corrected chi connectivity index (χ4v) is 2.08. The molecule has 1 N–H and O–H groups in total. The van der Waals surface area contributed by atoms with E-state index in [-0.39, 0.29) is 0 Å². The first-order chi connectivity index (χ1) is 8.16. The van der Waals surface area contributed by atoms with E-state index in [1.54, 1.807) is 6.20 Å². The number of benzene rings is 1. The molecule has 2 nitrogen and oxygen atoms in total. The Labute approximate surface area is 114 Å². The molecule has 0 amide bonds. The monoisotopic (exact) mass is 310 g/mol. The van der Waals surface area contributed by atoms with Gasteiger partial charge in [0, 0.05) is 17.8 Å². The molecule has 2 aromatic rings. The van der Waals surface area contributed by atoms with E-state index >= 15 is 0 Å². The third-order valence-electron chi connectivity index (χ3n) is 2.43. The van der Waals surface area contributed by atoms with Gasteiger partial charge < -0.3 is 5.32 Å². The fourth-order valence-electron chi connectivity index (χ4n) is 1.50. The first-order valence-corrected chi connectivity index (χ1v) is 6.43. The van der Waals surface area contributed by atoms with E-state index in [0.29, 0.717) is 6.54 Å². The Balaban J connectivity index is 2.10. The molecular weight excluding hydrogens is 300 g/mol. The Morgan fingerprint density at radius 1 is 1.35 bits per heavy atom. The number of hydrogen-bond donors (Lipinski definition) is 1. The van der Waals surface area contributed by atoms with Gasteiger partial charge in [-0.15, -0.1) is 0 Å². The molecule has 0 bridgehead atoms. The summed E-state index contributed by atoms with van der Waals surface area (Å²) in [6.07, 6.45) is 1.79. The maximum atomic E-state index is 5.93. The lowest BCUT2D eigenvalue weighted by Gasteiger charge is -2.09. The average Bonchev–Trinajstić information content (AvgIpc) is 2.31. The minimum Gasteiger partial charge on any atom is -0.365 e. The first kappa shape index (κ1) is 12.4. The molecule has 0 saturated heterocycles. The van der Waals surface area contributed by atoms with Crippen LogP contribution >= 0.6 is 27.5 Å². The summed E-state index contributed by atoms with van der Waals surface area (Å²) >= 11 is 9.45. The highest BCUT2D eigenvalue weighted by molar-refractivity contribution is 9.10. The zero-order chi connectivity index (χ0) is 12.3. The Morgan fingerprint density at radius 2 is 2.18 bits per heavy atom. The molecule has 1 aromatic carbocycles. The Kier molecular flexibility index (Phi) is 4.02. The van der Waals surface area contributed by atoms with Gasteiger partial charge in [-0.05, 0) is 52.2 Å². The molecule has 0 atom stereocenters. The van der Waals surface area contributed by atoms with E-state index < -0.39 is 0 Å². The summed E-state index contributed by atoms with van der Waals surface area (Å²) in [7, 11) is 0. The van der Waals surface area contributed by atoms with E-state index in [9.17, 15) is 0 Å². The van der Waals surface area contributed by atoms with Gasteiger partial charge in [-0.25, -0.2) is 4.98 Å². The van der Waals surface area contributed by atoms with E-state index in [4.69, 9.17) is 11.6 Å². The van der Waals surface area contributed by atoms with Gasteiger partial charge in [0.2, 0.25) is 0 Å². The van der Waals surface area contributed by atoms with Crippen molar-refractivity contribution >= 4 is 33.3 Å². The van der Waals surface area contributed by atoms with Crippen LogP contribution in [0.4, 0.5) is 5.82 Å². The van der Waals surface area contributed by atoms with E-state index in [2.05, 4.69) is 26.2 Å². The van der Waals surface area contributed by atoms with Crippen LogP contribution in [0.1, 0.15) is 11.1 Å². The number of hydrogen-bond acceptors (Lipinski definition) is 2. The van der Waals surface area contributed by atoms with Crippen LogP contribution < -0.4 is 5.32 Å². The molecule has 1 heterocycles. The molecule has 0 spiro atoms. The smallest absolute Gasteiger partial charge is 0.140 e. The van der Waals surface area contributed by atoms with Crippen molar-refractivity contribution in [3.8, 4) is 0 Å². The second-order valence-electron chi connectivity index (χ2n) is 3.77. The average molecular weight is 312 g/mol. The highest BCUT2D eigenvalue weighted by Gasteiger charge is 2.03. The van der Waals surface area contributed by atoms with Crippen molar-refractivity contribution in [3.63, 3.8) is 0 Å². The summed E-state index contributed by atoms with van der Waals surface area (Å²) in [5, 5.41) is 4.03. The van der Waals surface area contributed by atoms with Gasteiger partial charge in [-0.2, -0.15) is 0 Å². The van der Waals surface area contributed by atoms with Gasteiger partial charge in [0.05, 0.1) is 4.47 Å². The summed E-state index contributed by atoms with van der Waals surface area (Å²) < 4.78 is 1.00. The van der Waals surface area contributed by atoms with Gasteiger partial charge in [-0.3, -0.25) is 0 Å². The lowest BCUT2D eigenvalue weighted by molar-refractivity contribution is 1.10. The normalized spacial score (nSPS) is 10.3. The molecule has 0 fully saturated rings. The topological polar surface area (TPSA) is 24.9 Å². The van der Waals surface area contributed by atoms with Gasteiger partial charge in [-0.1, -0.05) is 23.7 Å². The second-order valence-corrected chi connectivity index (χ2v) is 5.00. The van der Waals surface area contributed by atoms with Gasteiger partial charge in [0.15, 0.2) is 0 Å². The number of aryl methyl sites for hydroxylation is 1. The third-order valence-corrected chi connectivity index (χ3v) is 3.67. The molecule has 2 rings (SSSR count). The van der Waals surface area contributed by atoms with Crippen molar-refractivity contribution < 1.29 is 0 Å². The van der Waals surface area contributed by atoms with Crippen LogP contribution in [0, 0.1) is 6.92 Å². The molecule has 17 heavy (non-hydrogen) atoms. The molecule has 88 valence electrons. The van der Waals surface area contributed by atoms with Crippen LogP contribution in [0.25, 0.3) is 0 Å². The van der Waals surface area contributed by atoms with Crippen molar-refractivity contribution in [3.05, 3.63) is 57.2 Å². The summed E-state index contributed by atoms with van der Waals surface area (Å²) in [5.41, 5.74) is 2.29. The molecule has 0 aliphatic heterocycles. The zero-order valence-corrected chi connectivity index (χ0v) is 11.7. The van der Waals surface area contributed by atoms with E-state index in [1.807, 2.05) is 37.3 Å². The van der Waals surface area contributed by atoms with Crippen molar-refractivity contribution in [1.82, 2.24) is 4.98 Å². The van der Waals surface area contributed by atoms with E-state index in [1.165, 1.54) is 0 Å². The molecule has 1 aromatic heterocycles. The molecule has 0 radical (unpaired) electrons. The quantitative estimate of drug-likeness (QED) is 0.907. The Morgan fingerprint density at radius 3 is 2.94 bits per heavy atom. The lowest BCUT2D eigenvalue weighted by atomic mass is 10.2. The number of nitrogens with one attached hydrogen (secondary N) is 1. The second kappa shape index (κ2) is 5.52. The maximum absolute atomic E-state index is 5.93. The highest BCUT2D eigenvalue weighted by Crippen LogP contribution is 2.23. The predicted octanol–water partition coefficient (Wildman–Crippen LogP) is 4.42. The van der Waals surface area contributed by atoms with Crippen molar-refractivity contribution in [2.45, 2.75) is 13.5 Å². The number of rotatable bonds is 3. The van der Waals surface area contributed by atoms with Crippen LogP contribution in [-0.2, 0) is 6.54 Å². The van der Waals surface area contributed by atoms with Crippen LogP contribution in [0.5, 0.6) is 0 Å². The largest absolute Gasteiger partial charge is 0.365 e. The SMILES string of the molecule is Cc1ccnc(NCc2cccc(Cl)c2)c1Br. The number of aromatic nitrogens is 1. The molecular formula is C13H12BrClN2. The maximum Gasteiger partial charge on any atom is 0.140 e. The summed E-state index contributed by atoms with van der Waals surface area (Å²) in [5.74, 6) is 0.852.